The van der Waals surface area contributed by atoms with Gasteiger partial charge in [0.2, 0.25) is 11.8 Å². The third-order valence-corrected chi connectivity index (χ3v) is 8.12. The second kappa shape index (κ2) is 12.6. The summed E-state index contributed by atoms with van der Waals surface area (Å²) in [6, 6.07) is 19.9. The Morgan fingerprint density at radius 1 is 0.947 bits per heavy atom. The Balaban J connectivity index is 2.05. The molecular weight excluding hydrogens is 502 g/mol. The van der Waals surface area contributed by atoms with Gasteiger partial charge in [0, 0.05) is 13.6 Å². The minimum absolute atomic E-state index is 0.0779. The Kier molecular flexibility index (Phi) is 9.52. The SMILES string of the molecule is CC[C@H](C(=O)NC)N(Cc1cccc(OC)c1)C(=O)CN(c1ccc(C)cc1)S(=O)(=O)c1ccc(C)cc1. The molecule has 0 bridgehead atoms. The van der Waals surface area contributed by atoms with Crippen LogP contribution in [0.3, 0.4) is 0 Å². The third-order valence-electron chi connectivity index (χ3n) is 6.33. The number of nitrogens with one attached hydrogen (secondary N) is 1. The van der Waals surface area contributed by atoms with Crippen LogP contribution in [-0.2, 0) is 26.2 Å². The van der Waals surface area contributed by atoms with E-state index in [1.165, 1.54) is 24.1 Å². The van der Waals surface area contributed by atoms with E-state index in [1.807, 2.05) is 26.8 Å². The topological polar surface area (TPSA) is 96.0 Å². The first-order valence-electron chi connectivity index (χ1n) is 12.4. The molecule has 0 aliphatic rings. The minimum atomic E-state index is -4.09. The van der Waals surface area contributed by atoms with Crippen molar-refractivity contribution in [2.75, 3.05) is 25.0 Å². The molecule has 0 unspecified atom stereocenters. The van der Waals surface area contributed by atoms with Crippen molar-refractivity contribution in [2.24, 2.45) is 0 Å². The largest absolute Gasteiger partial charge is 0.497 e. The van der Waals surface area contributed by atoms with Crippen molar-refractivity contribution in [1.82, 2.24) is 10.2 Å². The molecule has 0 aromatic heterocycles. The molecule has 0 heterocycles. The lowest BCUT2D eigenvalue weighted by molar-refractivity contribution is -0.140. The summed E-state index contributed by atoms with van der Waals surface area (Å²) in [6.07, 6.45) is 0.352. The Bertz CT molecular complexity index is 1360. The summed E-state index contributed by atoms with van der Waals surface area (Å²) < 4.78 is 34.1. The maximum atomic E-state index is 13.9. The number of carbonyl (C=O) groups is 2. The highest BCUT2D eigenvalue weighted by Gasteiger charge is 2.33. The second-order valence-electron chi connectivity index (χ2n) is 9.07. The zero-order valence-electron chi connectivity index (χ0n) is 22.5. The molecular formula is C29H35N3O5S. The molecule has 3 aromatic carbocycles. The zero-order chi connectivity index (χ0) is 27.9. The van der Waals surface area contributed by atoms with E-state index in [0.717, 1.165) is 21.0 Å². The average Bonchev–Trinajstić information content (AvgIpc) is 2.92. The van der Waals surface area contributed by atoms with Crippen LogP contribution >= 0.6 is 0 Å². The first kappa shape index (κ1) is 28.7. The number of rotatable bonds is 11. The first-order chi connectivity index (χ1) is 18.1. The molecule has 0 saturated carbocycles. The van der Waals surface area contributed by atoms with Crippen molar-refractivity contribution < 1.29 is 22.7 Å². The summed E-state index contributed by atoms with van der Waals surface area (Å²) in [4.78, 5) is 28.2. The summed E-state index contributed by atoms with van der Waals surface area (Å²) in [6.45, 7) is 5.22. The quantitative estimate of drug-likeness (QED) is 0.398. The number of sulfonamides is 1. The molecule has 202 valence electrons. The van der Waals surface area contributed by atoms with Crippen molar-refractivity contribution >= 4 is 27.5 Å². The van der Waals surface area contributed by atoms with E-state index in [-0.39, 0.29) is 17.3 Å². The Hall–Kier alpha value is -3.85. The fourth-order valence-corrected chi connectivity index (χ4v) is 5.55. The molecule has 0 saturated heterocycles. The Labute approximate surface area is 225 Å². The van der Waals surface area contributed by atoms with Crippen molar-refractivity contribution in [2.45, 2.75) is 44.7 Å². The lowest BCUT2D eigenvalue weighted by Crippen LogP contribution is -2.51. The number of hydrogen-bond donors (Lipinski definition) is 1. The van der Waals surface area contributed by atoms with Gasteiger partial charge in [-0.05, 0) is 62.2 Å². The highest BCUT2D eigenvalue weighted by molar-refractivity contribution is 7.92. The van der Waals surface area contributed by atoms with E-state index >= 15 is 0 Å². The number of amides is 2. The summed E-state index contributed by atoms with van der Waals surface area (Å²) in [5.74, 6) is -0.210. The number of aryl methyl sites for hydroxylation is 2. The second-order valence-corrected chi connectivity index (χ2v) is 10.9. The number of hydrogen-bond acceptors (Lipinski definition) is 5. The molecule has 3 aromatic rings. The standard InChI is InChI=1S/C29H35N3O5S/c1-6-27(29(34)30-4)31(19-23-8-7-9-25(18-23)37-5)28(33)20-32(24-14-10-21(2)11-15-24)38(35,36)26-16-12-22(3)13-17-26/h7-18,27H,6,19-20H2,1-5H3,(H,30,34)/t27-/m1/s1. The molecule has 38 heavy (non-hydrogen) atoms. The van der Waals surface area contributed by atoms with Gasteiger partial charge in [0.1, 0.15) is 18.3 Å². The van der Waals surface area contributed by atoms with Gasteiger partial charge >= 0.3 is 0 Å². The van der Waals surface area contributed by atoms with Crippen LogP contribution in [0.1, 0.15) is 30.0 Å². The predicted octanol–water partition coefficient (Wildman–Crippen LogP) is 4.06. The van der Waals surface area contributed by atoms with Crippen LogP contribution in [-0.4, -0.2) is 51.9 Å². The average molecular weight is 538 g/mol. The maximum Gasteiger partial charge on any atom is 0.264 e. The van der Waals surface area contributed by atoms with Crippen LogP contribution < -0.4 is 14.4 Å². The summed E-state index contributed by atoms with van der Waals surface area (Å²) >= 11 is 0. The van der Waals surface area contributed by atoms with Gasteiger partial charge in [0.05, 0.1) is 17.7 Å². The zero-order valence-corrected chi connectivity index (χ0v) is 23.3. The van der Waals surface area contributed by atoms with Gasteiger partial charge in [0.15, 0.2) is 0 Å². The molecule has 0 fully saturated rings. The number of carbonyl (C=O) groups excluding carboxylic acids is 2. The molecule has 0 aliphatic carbocycles. The highest BCUT2D eigenvalue weighted by atomic mass is 32.2. The van der Waals surface area contributed by atoms with Crippen molar-refractivity contribution in [3.63, 3.8) is 0 Å². The van der Waals surface area contributed by atoms with E-state index in [2.05, 4.69) is 5.32 Å². The lowest BCUT2D eigenvalue weighted by atomic mass is 10.1. The maximum absolute atomic E-state index is 13.9. The Morgan fingerprint density at radius 2 is 1.55 bits per heavy atom. The van der Waals surface area contributed by atoms with Crippen LogP contribution in [0.25, 0.3) is 0 Å². The summed E-state index contributed by atoms with van der Waals surface area (Å²) in [7, 11) is -1.02. The predicted molar refractivity (Wildman–Crippen MR) is 149 cm³/mol. The van der Waals surface area contributed by atoms with Crippen molar-refractivity contribution in [3.8, 4) is 5.75 Å². The minimum Gasteiger partial charge on any atom is -0.497 e. The number of benzene rings is 3. The van der Waals surface area contributed by atoms with E-state index in [0.29, 0.717) is 17.9 Å². The number of nitrogens with zero attached hydrogens (tertiary/aromatic N) is 2. The molecule has 1 atom stereocenters. The van der Waals surface area contributed by atoms with E-state index in [1.54, 1.807) is 61.7 Å². The van der Waals surface area contributed by atoms with Gasteiger partial charge in [-0.2, -0.15) is 0 Å². The van der Waals surface area contributed by atoms with Gasteiger partial charge in [-0.1, -0.05) is 54.4 Å². The number of methoxy groups -OCH3 is 1. The van der Waals surface area contributed by atoms with Crippen molar-refractivity contribution in [1.29, 1.82) is 0 Å². The van der Waals surface area contributed by atoms with Gasteiger partial charge in [-0.25, -0.2) is 8.42 Å². The molecule has 0 spiro atoms. The van der Waals surface area contributed by atoms with Crippen LogP contribution in [0.4, 0.5) is 5.69 Å². The normalized spacial score (nSPS) is 11.9. The molecule has 0 radical (unpaired) electrons. The smallest absolute Gasteiger partial charge is 0.264 e. The molecule has 8 nitrogen and oxygen atoms in total. The fourth-order valence-electron chi connectivity index (χ4n) is 4.13. The monoisotopic (exact) mass is 537 g/mol. The molecule has 3 rings (SSSR count). The summed E-state index contributed by atoms with van der Waals surface area (Å²) in [5.41, 5.74) is 2.99. The molecule has 2 amide bonds. The van der Waals surface area contributed by atoms with Gasteiger partial charge < -0.3 is 15.0 Å². The van der Waals surface area contributed by atoms with Crippen LogP contribution in [0.5, 0.6) is 5.75 Å². The van der Waals surface area contributed by atoms with Crippen LogP contribution in [0.15, 0.2) is 77.7 Å². The highest BCUT2D eigenvalue weighted by Crippen LogP contribution is 2.26. The lowest BCUT2D eigenvalue weighted by Gasteiger charge is -2.33. The van der Waals surface area contributed by atoms with E-state index < -0.39 is 28.5 Å². The first-order valence-corrected chi connectivity index (χ1v) is 13.8. The van der Waals surface area contributed by atoms with Gasteiger partial charge in [-0.3, -0.25) is 13.9 Å². The van der Waals surface area contributed by atoms with Gasteiger partial charge in [-0.15, -0.1) is 0 Å². The molecule has 1 N–H and O–H groups in total. The van der Waals surface area contributed by atoms with Crippen LogP contribution in [0, 0.1) is 13.8 Å². The van der Waals surface area contributed by atoms with Crippen molar-refractivity contribution in [3.05, 3.63) is 89.5 Å². The molecule has 9 heteroatoms. The van der Waals surface area contributed by atoms with E-state index in [4.69, 9.17) is 4.74 Å². The molecule has 0 aliphatic heterocycles. The number of likely N-dealkylation sites (N-methyl/N-ethyl adjacent to an activating group) is 1. The van der Waals surface area contributed by atoms with Crippen LogP contribution in [0.2, 0.25) is 0 Å². The Morgan fingerprint density at radius 3 is 2.11 bits per heavy atom. The van der Waals surface area contributed by atoms with Gasteiger partial charge in [0.25, 0.3) is 10.0 Å². The fraction of sp³-hybridized carbons (Fsp3) is 0.310. The number of anilines is 1. The third kappa shape index (κ3) is 6.72. The number of ether oxygens (including phenoxy) is 1. The summed E-state index contributed by atoms with van der Waals surface area (Å²) in [5, 5.41) is 2.62. The van der Waals surface area contributed by atoms with E-state index in [9.17, 15) is 18.0 Å².